The molecular weight excluding hydrogens is 311 g/mol. The fraction of sp³-hybridized carbons (Fsp3) is 0.412. The van der Waals surface area contributed by atoms with Crippen molar-refractivity contribution in [3.8, 4) is 5.75 Å². The number of nitrogens with one attached hydrogen (secondary N) is 2. The molecule has 0 aliphatic carbocycles. The molecule has 3 rings (SSSR count). The number of benzene rings is 1. The lowest BCUT2D eigenvalue weighted by molar-refractivity contribution is -0.124. The summed E-state index contributed by atoms with van der Waals surface area (Å²) in [6.45, 7) is 1.96. The second kappa shape index (κ2) is 7.44. The molecule has 1 amide bonds. The number of rotatable bonds is 6. The minimum atomic E-state index is -0.402. The van der Waals surface area contributed by atoms with E-state index in [4.69, 9.17) is 4.74 Å². The van der Waals surface area contributed by atoms with E-state index in [2.05, 4.69) is 15.7 Å². The molecule has 2 N–H and O–H groups in total. The van der Waals surface area contributed by atoms with Crippen LogP contribution in [0.4, 0.5) is 4.39 Å². The Hall–Kier alpha value is -2.41. The maximum absolute atomic E-state index is 13.4. The summed E-state index contributed by atoms with van der Waals surface area (Å²) < 4.78 is 20.5. The highest BCUT2D eigenvalue weighted by Gasteiger charge is 2.34. The first-order chi connectivity index (χ1) is 11.6. The zero-order chi connectivity index (χ0) is 16.9. The van der Waals surface area contributed by atoms with Gasteiger partial charge in [0.25, 0.3) is 0 Å². The molecule has 128 valence electrons. The van der Waals surface area contributed by atoms with Crippen LogP contribution in [-0.2, 0) is 11.8 Å². The molecule has 0 saturated carbocycles. The Morgan fingerprint density at radius 3 is 3.04 bits per heavy atom. The number of hydrogen-bond acceptors (Lipinski definition) is 4. The van der Waals surface area contributed by atoms with E-state index in [-0.39, 0.29) is 30.1 Å². The van der Waals surface area contributed by atoms with Gasteiger partial charge in [-0.05, 0) is 17.7 Å². The van der Waals surface area contributed by atoms with Gasteiger partial charge in [-0.3, -0.25) is 9.48 Å². The third-order valence-corrected chi connectivity index (χ3v) is 4.20. The minimum absolute atomic E-state index is 0.0222. The SMILES string of the molecule is Cn1cc([C@H]2CNC[C@@H]2C(=O)NCCOc2ccccc2F)cn1. The number of carbonyl (C=O) groups is 1. The van der Waals surface area contributed by atoms with Gasteiger partial charge in [0.2, 0.25) is 5.91 Å². The molecule has 2 atom stereocenters. The number of hydrogen-bond donors (Lipinski definition) is 2. The van der Waals surface area contributed by atoms with E-state index in [1.165, 1.54) is 6.07 Å². The summed E-state index contributed by atoms with van der Waals surface area (Å²) >= 11 is 0. The highest BCUT2D eigenvalue weighted by Crippen LogP contribution is 2.27. The van der Waals surface area contributed by atoms with Gasteiger partial charge < -0.3 is 15.4 Å². The first-order valence-electron chi connectivity index (χ1n) is 7.99. The van der Waals surface area contributed by atoms with Crippen molar-refractivity contribution >= 4 is 5.91 Å². The smallest absolute Gasteiger partial charge is 0.225 e. The number of carbonyl (C=O) groups excluding carboxylic acids is 1. The fourth-order valence-corrected chi connectivity index (χ4v) is 2.96. The quantitative estimate of drug-likeness (QED) is 0.776. The van der Waals surface area contributed by atoms with Crippen molar-refractivity contribution in [2.24, 2.45) is 13.0 Å². The molecule has 0 spiro atoms. The van der Waals surface area contributed by atoms with Crippen LogP contribution in [0, 0.1) is 11.7 Å². The molecule has 6 nitrogen and oxygen atoms in total. The zero-order valence-electron chi connectivity index (χ0n) is 13.5. The Kier molecular flexibility index (Phi) is 5.10. The molecule has 1 aromatic carbocycles. The summed E-state index contributed by atoms with van der Waals surface area (Å²) in [5.74, 6) is -0.247. The van der Waals surface area contributed by atoms with Crippen molar-refractivity contribution in [1.82, 2.24) is 20.4 Å². The molecule has 0 unspecified atom stereocenters. The maximum atomic E-state index is 13.4. The zero-order valence-corrected chi connectivity index (χ0v) is 13.5. The van der Waals surface area contributed by atoms with Gasteiger partial charge in [0.1, 0.15) is 6.61 Å². The van der Waals surface area contributed by atoms with Gasteiger partial charge in [0.05, 0.1) is 18.7 Å². The van der Waals surface area contributed by atoms with Crippen LogP contribution < -0.4 is 15.4 Å². The van der Waals surface area contributed by atoms with E-state index < -0.39 is 5.82 Å². The predicted octanol–water partition coefficient (Wildman–Crippen LogP) is 1.06. The van der Waals surface area contributed by atoms with E-state index in [1.54, 1.807) is 29.1 Å². The van der Waals surface area contributed by atoms with Gasteiger partial charge in [0.15, 0.2) is 11.6 Å². The van der Waals surface area contributed by atoms with E-state index in [9.17, 15) is 9.18 Å². The van der Waals surface area contributed by atoms with Crippen molar-refractivity contribution in [3.63, 3.8) is 0 Å². The van der Waals surface area contributed by atoms with Crippen LogP contribution in [0.2, 0.25) is 0 Å². The minimum Gasteiger partial charge on any atom is -0.489 e. The molecule has 0 radical (unpaired) electrons. The molecule has 1 aliphatic rings. The summed E-state index contributed by atoms with van der Waals surface area (Å²) in [5.41, 5.74) is 1.06. The van der Waals surface area contributed by atoms with Crippen molar-refractivity contribution in [2.75, 3.05) is 26.2 Å². The highest BCUT2D eigenvalue weighted by atomic mass is 19.1. The molecule has 2 aromatic rings. The summed E-state index contributed by atoms with van der Waals surface area (Å²) in [6.07, 6.45) is 3.75. The Bertz CT molecular complexity index is 703. The number of aromatic nitrogens is 2. The van der Waals surface area contributed by atoms with Gasteiger partial charge in [-0.15, -0.1) is 0 Å². The average molecular weight is 332 g/mol. The Morgan fingerprint density at radius 2 is 2.29 bits per heavy atom. The summed E-state index contributed by atoms with van der Waals surface area (Å²) in [5, 5.41) is 10.3. The summed E-state index contributed by atoms with van der Waals surface area (Å²) in [4.78, 5) is 12.4. The molecular formula is C17H21FN4O2. The molecule has 24 heavy (non-hydrogen) atoms. The topological polar surface area (TPSA) is 68.2 Å². The van der Waals surface area contributed by atoms with E-state index >= 15 is 0 Å². The van der Waals surface area contributed by atoms with E-state index in [0.717, 1.165) is 12.1 Å². The largest absolute Gasteiger partial charge is 0.489 e. The Morgan fingerprint density at radius 1 is 1.46 bits per heavy atom. The standard InChI is InChI=1S/C17H21FN4O2/c1-22-11-12(8-21-22)13-9-19-10-14(13)17(23)20-6-7-24-16-5-3-2-4-15(16)18/h2-5,8,11,13-14,19H,6-7,9-10H2,1H3,(H,20,23)/t13-,14+/m1/s1. The van der Waals surface area contributed by atoms with Crippen LogP contribution in [0.15, 0.2) is 36.7 Å². The second-order valence-corrected chi connectivity index (χ2v) is 5.89. The number of ether oxygens (including phenoxy) is 1. The third-order valence-electron chi connectivity index (χ3n) is 4.20. The van der Waals surface area contributed by atoms with Crippen LogP contribution in [0.25, 0.3) is 0 Å². The lowest BCUT2D eigenvalue weighted by Gasteiger charge is -2.17. The van der Waals surface area contributed by atoms with E-state index in [1.807, 2.05) is 13.2 Å². The number of para-hydroxylation sites is 1. The van der Waals surface area contributed by atoms with Gasteiger partial charge in [-0.2, -0.15) is 5.10 Å². The van der Waals surface area contributed by atoms with Crippen molar-refractivity contribution in [1.29, 1.82) is 0 Å². The molecule has 1 aliphatic heterocycles. The number of amides is 1. The molecule has 1 saturated heterocycles. The second-order valence-electron chi connectivity index (χ2n) is 5.89. The van der Waals surface area contributed by atoms with Crippen molar-refractivity contribution in [2.45, 2.75) is 5.92 Å². The average Bonchev–Trinajstić information content (AvgIpc) is 3.21. The Labute approximate surface area is 140 Å². The van der Waals surface area contributed by atoms with Gasteiger partial charge in [-0.1, -0.05) is 12.1 Å². The van der Waals surface area contributed by atoms with Crippen LogP contribution in [0.1, 0.15) is 11.5 Å². The molecule has 0 bridgehead atoms. The summed E-state index contributed by atoms with van der Waals surface area (Å²) in [6, 6.07) is 6.22. The molecule has 1 aromatic heterocycles. The van der Waals surface area contributed by atoms with Crippen LogP contribution in [0.3, 0.4) is 0 Å². The molecule has 7 heteroatoms. The highest BCUT2D eigenvalue weighted by molar-refractivity contribution is 5.80. The van der Waals surface area contributed by atoms with Crippen molar-refractivity contribution < 1.29 is 13.9 Å². The van der Waals surface area contributed by atoms with Gasteiger partial charge in [-0.25, -0.2) is 4.39 Å². The lowest BCUT2D eigenvalue weighted by atomic mass is 9.90. The predicted molar refractivity (Wildman–Crippen MR) is 87.2 cm³/mol. The number of aryl methyl sites for hydroxylation is 1. The number of halogens is 1. The maximum Gasteiger partial charge on any atom is 0.225 e. The normalized spacial score (nSPS) is 20.1. The first kappa shape index (κ1) is 16.4. The van der Waals surface area contributed by atoms with Gasteiger partial charge in [0, 0.05) is 32.3 Å². The monoisotopic (exact) mass is 332 g/mol. The van der Waals surface area contributed by atoms with Crippen molar-refractivity contribution in [3.05, 3.63) is 48.0 Å². The van der Waals surface area contributed by atoms with E-state index in [0.29, 0.717) is 13.1 Å². The molecule has 2 heterocycles. The van der Waals surface area contributed by atoms with Crippen LogP contribution in [0.5, 0.6) is 5.75 Å². The molecule has 1 fully saturated rings. The lowest BCUT2D eigenvalue weighted by Crippen LogP contribution is -2.36. The third kappa shape index (κ3) is 3.73. The van der Waals surface area contributed by atoms with Crippen LogP contribution in [-0.4, -0.2) is 41.9 Å². The van der Waals surface area contributed by atoms with Gasteiger partial charge >= 0.3 is 0 Å². The fourth-order valence-electron chi connectivity index (χ4n) is 2.96. The first-order valence-corrected chi connectivity index (χ1v) is 7.99. The summed E-state index contributed by atoms with van der Waals surface area (Å²) in [7, 11) is 1.86. The Balaban J connectivity index is 1.49. The van der Waals surface area contributed by atoms with Crippen LogP contribution >= 0.6 is 0 Å². The number of nitrogens with zero attached hydrogens (tertiary/aromatic N) is 2.